The Labute approximate surface area is 587 Å². The lowest BCUT2D eigenvalue weighted by Crippen LogP contribution is -2.44. The number of ether oxygens (including phenoxy) is 5. The van der Waals surface area contributed by atoms with Crippen LogP contribution in [0.25, 0.3) is 0 Å². The number of nitrogens with two attached hydrogens (primary N) is 7. The lowest BCUT2D eigenvalue weighted by molar-refractivity contribution is -0.118. The summed E-state index contributed by atoms with van der Waals surface area (Å²) in [6, 6.07) is 16.1. The van der Waals surface area contributed by atoms with E-state index in [0.29, 0.717) is 90.3 Å². The molecule has 5 aromatic rings. The van der Waals surface area contributed by atoms with Gasteiger partial charge in [-0.1, -0.05) is 6.42 Å². The number of amides is 10. The first kappa shape index (κ1) is 81.2. The van der Waals surface area contributed by atoms with Gasteiger partial charge in [0.05, 0.1) is 69.4 Å². The number of benzene rings is 5. The Morgan fingerprint density at radius 3 is 0.733 bits per heavy atom. The zero-order chi connectivity index (χ0) is 74.0. The molecular weight excluding hydrogens is 1300 g/mol. The van der Waals surface area contributed by atoms with E-state index >= 15 is 0 Å². The van der Waals surface area contributed by atoms with Gasteiger partial charge in [-0.3, -0.25) is 47.9 Å². The van der Waals surface area contributed by atoms with E-state index < -0.39 is 89.3 Å². The summed E-state index contributed by atoms with van der Waals surface area (Å²) in [6.07, 6.45) is 6.02. The molecule has 0 heterocycles. The number of carbonyl (C=O) groups excluding carboxylic acids is 10. The van der Waals surface area contributed by atoms with Crippen molar-refractivity contribution in [2.45, 2.75) is 127 Å². The zero-order valence-corrected chi connectivity index (χ0v) is 57.9. The summed E-state index contributed by atoms with van der Waals surface area (Å²) in [5.41, 5.74) is 41.1. The summed E-state index contributed by atoms with van der Waals surface area (Å²) in [7, 11) is 6.74. The molecule has 31 nitrogen and oxygen atoms in total. The number of methoxy groups -OCH3 is 5. The van der Waals surface area contributed by atoms with Crippen LogP contribution in [0.15, 0.2) is 91.0 Å². The Morgan fingerprint density at radius 1 is 0.307 bits per heavy atom. The van der Waals surface area contributed by atoms with Crippen LogP contribution in [0.5, 0.6) is 28.7 Å². The van der Waals surface area contributed by atoms with Gasteiger partial charge in [0.1, 0.15) is 52.9 Å². The molecule has 5 aromatic carbocycles. The third-order valence-corrected chi connectivity index (χ3v) is 16.2. The van der Waals surface area contributed by atoms with Crippen molar-refractivity contribution in [3.63, 3.8) is 0 Å². The highest BCUT2D eigenvalue weighted by Crippen LogP contribution is 2.30. The number of rotatable bonds is 44. The zero-order valence-electron chi connectivity index (χ0n) is 57.9. The van der Waals surface area contributed by atoms with Crippen molar-refractivity contribution in [2.75, 3.05) is 94.9 Å². The largest absolute Gasteiger partial charge is 0.496 e. The maximum Gasteiger partial charge on any atom is 0.255 e. The number of anilines is 5. The summed E-state index contributed by atoms with van der Waals surface area (Å²) in [6.45, 7) is 1.68. The minimum absolute atomic E-state index is 0.0177. The van der Waals surface area contributed by atoms with Gasteiger partial charge in [0.2, 0.25) is 29.5 Å². The first-order valence-corrected chi connectivity index (χ1v) is 33.3. The van der Waals surface area contributed by atoms with Gasteiger partial charge in [-0.25, -0.2) is 0 Å². The predicted molar refractivity (Wildman–Crippen MR) is 384 cm³/mol. The highest BCUT2D eigenvalue weighted by atomic mass is 16.5. The molecule has 0 spiro atoms. The monoisotopic (exact) mass is 1400 g/mol. The van der Waals surface area contributed by atoms with Crippen molar-refractivity contribution in [2.24, 2.45) is 40.1 Å². The molecule has 0 aliphatic heterocycles. The lowest BCUT2D eigenvalue weighted by atomic mass is 10.0. The Kier molecular flexibility index (Phi) is 34.2. The summed E-state index contributed by atoms with van der Waals surface area (Å²) >= 11 is 0. The topological polar surface area (TPSA) is 507 Å². The molecule has 0 radical (unpaired) electrons. The number of primary amides is 1. The smallest absolute Gasteiger partial charge is 0.255 e. The fraction of sp³-hybridized carbons (Fsp3) is 0.429. The molecule has 0 aliphatic carbocycles. The maximum atomic E-state index is 14.4. The van der Waals surface area contributed by atoms with Gasteiger partial charge in [0.15, 0.2) is 0 Å². The van der Waals surface area contributed by atoms with E-state index in [-0.39, 0.29) is 124 Å². The Bertz CT molecular complexity index is 3650. The molecule has 23 N–H and O–H groups in total. The van der Waals surface area contributed by atoms with Crippen LogP contribution in [0, 0.1) is 0 Å². The lowest BCUT2D eigenvalue weighted by Gasteiger charge is -2.22. The third kappa shape index (κ3) is 25.1. The molecule has 0 bridgehead atoms. The van der Waals surface area contributed by atoms with Crippen LogP contribution in [0.2, 0.25) is 0 Å². The Balaban J connectivity index is 1.34. The van der Waals surface area contributed by atoms with E-state index in [0.717, 1.165) is 0 Å². The standard InChI is InChI=1S/C70H98N16O15/c1-97-56-26-21-41(36-46(56)61(77)87)79-67(93)52(17-7-12-32-72)83-63(89)48-38-43(23-28-58(48)99-3)81-69(95)54(19-9-14-34-74)85-65(91)50-40-45(25-30-60(50)101-5)82-70(96)55(20-10-15-35-75)86-64(90)49-39-44(24-29-59(49)100-4)80-68(94)53(18-8-13-33-73)84-62(88)47-37-42(22-27-57(47)98-2)78-66(92)51(76)16-6-11-31-71/h21-30,36-40,51-55H,6-20,31-35,71-76H2,1-5H3,(H2,77,87)(H,78,92)(H,79,93)(H,80,94)(H,81,95)(H,82,96)(H,83,89)(H,84,88)(H,85,91)(H,86,90). The predicted octanol–water partition coefficient (Wildman–Crippen LogP) is 3.69. The molecular formula is C70H98N16O15. The number of carbonyl (C=O) groups is 10. The van der Waals surface area contributed by atoms with Crippen LogP contribution < -0.4 is 112 Å². The van der Waals surface area contributed by atoms with Gasteiger partial charge in [-0.15, -0.1) is 0 Å². The van der Waals surface area contributed by atoms with Crippen molar-refractivity contribution in [1.29, 1.82) is 0 Å². The second kappa shape index (κ2) is 42.5. The van der Waals surface area contributed by atoms with Crippen LogP contribution in [0.1, 0.15) is 148 Å². The van der Waals surface area contributed by atoms with Gasteiger partial charge < -0.3 is 112 Å². The second-order valence-electron chi connectivity index (χ2n) is 23.5. The minimum atomic E-state index is -1.22. The fourth-order valence-electron chi connectivity index (χ4n) is 10.6. The molecule has 5 atom stereocenters. The molecule has 548 valence electrons. The second-order valence-corrected chi connectivity index (χ2v) is 23.5. The maximum absolute atomic E-state index is 14.4. The van der Waals surface area contributed by atoms with Crippen LogP contribution in [0.3, 0.4) is 0 Å². The first-order chi connectivity index (χ1) is 48.6. The number of unbranched alkanes of at least 4 members (excludes halogenated alkanes) is 5. The third-order valence-electron chi connectivity index (χ3n) is 16.2. The quantitative estimate of drug-likeness (QED) is 0.0247. The van der Waals surface area contributed by atoms with E-state index in [9.17, 15) is 47.9 Å². The van der Waals surface area contributed by atoms with Crippen molar-refractivity contribution in [1.82, 2.24) is 21.3 Å². The molecule has 5 unspecified atom stereocenters. The van der Waals surface area contributed by atoms with Crippen molar-refractivity contribution in [3.8, 4) is 28.7 Å². The molecule has 101 heavy (non-hydrogen) atoms. The SMILES string of the molecule is COc1ccc(NC(=O)C(CCCCN)NC(=O)c2cc(NC(=O)C(CCCCN)NC(=O)c3cc(NC(=O)C(CCCCN)NC(=O)c4cc(NC(=O)C(CCCCN)NC(=O)c5cc(NC(=O)C(N)CCCCN)ccc5OC)ccc4OC)ccc3OC)ccc2OC)cc1C(N)=O. The first-order valence-electron chi connectivity index (χ1n) is 33.3. The summed E-state index contributed by atoms with van der Waals surface area (Å²) < 4.78 is 27.4. The van der Waals surface area contributed by atoms with Gasteiger partial charge in [-0.05, 0) is 214 Å². The van der Waals surface area contributed by atoms with Crippen LogP contribution >= 0.6 is 0 Å². The van der Waals surface area contributed by atoms with E-state index in [4.69, 9.17) is 63.8 Å². The van der Waals surface area contributed by atoms with E-state index in [1.54, 1.807) is 6.07 Å². The molecule has 31 heteroatoms. The molecule has 0 saturated carbocycles. The van der Waals surface area contributed by atoms with E-state index in [2.05, 4.69) is 47.9 Å². The van der Waals surface area contributed by atoms with Gasteiger partial charge >= 0.3 is 0 Å². The molecule has 0 saturated heterocycles. The highest BCUT2D eigenvalue weighted by Gasteiger charge is 2.30. The van der Waals surface area contributed by atoms with E-state index in [1.165, 1.54) is 120 Å². The average Bonchev–Trinajstić information content (AvgIpc) is 0.841. The summed E-state index contributed by atoms with van der Waals surface area (Å²) in [5, 5.41) is 24.9. The molecule has 0 fully saturated rings. The van der Waals surface area contributed by atoms with Crippen LogP contribution in [-0.4, -0.2) is 158 Å². The normalized spacial score (nSPS) is 12.3. The van der Waals surface area contributed by atoms with Gasteiger partial charge in [0.25, 0.3) is 29.5 Å². The fourth-order valence-corrected chi connectivity index (χ4v) is 10.6. The number of nitrogens with one attached hydrogen (secondary N) is 9. The molecule has 0 aliphatic rings. The Morgan fingerprint density at radius 2 is 0.515 bits per heavy atom. The number of hydrogen-bond acceptors (Lipinski definition) is 21. The van der Waals surface area contributed by atoms with Crippen molar-refractivity contribution < 1.29 is 71.6 Å². The molecule has 0 aromatic heterocycles. The van der Waals surface area contributed by atoms with E-state index in [1.807, 2.05) is 0 Å². The van der Waals surface area contributed by atoms with Crippen molar-refractivity contribution >= 4 is 87.5 Å². The van der Waals surface area contributed by atoms with Crippen LogP contribution in [-0.2, 0) is 24.0 Å². The van der Waals surface area contributed by atoms with Gasteiger partial charge in [-0.2, -0.15) is 0 Å². The van der Waals surface area contributed by atoms with Crippen molar-refractivity contribution in [3.05, 3.63) is 119 Å². The summed E-state index contributed by atoms with van der Waals surface area (Å²) in [4.78, 5) is 139. The average molecular weight is 1400 g/mol. The number of hydrogen-bond donors (Lipinski definition) is 16. The minimum Gasteiger partial charge on any atom is -0.496 e. The molecule has 5 rings (SSSR count). The van der Waals surface area contributed by atoms with Gasteiger partial charge in [0, 0.05) is 28.4 Å². The molecule has 10 amide bonds. The van der Waals surface area contributed by atoms with Crippen LogP contribution in [0.4, 0.5) is 28.4 Å². The highest BCUT2D eigenvalue weighted by molar-refractivity contribution is 6.09. The summed E-state index contributed by atoms with van der Waals surface area (Å²) in [5.74, 6) is -6.26. The Hall–Kier alpha value is -10.4.